The highest BCUT2D eigenvalue weighted by atomic mass is 16.7. The number of carbonyl (C=O) groups excluding carboxylic acids is 1. The van der Waals surface area contributed by atoms with Gasteiger partial charge in [0.2, 0.25) is 5.60 Å². The van der Waals surface area contributed by atoms with Crippen molar-refractivity contribution in [2.45, 2.75) is 55.8 Å². The maximum Gasteiger partial charge on any atom is 0.346 e. The number of hydrogen-bond acceptors (Lipinski definition) is 3. The first-order chi connectivity index (χ1) is 9.27. The second-order valence-corrected chi connectivity index (χ2v) is 5.96. The Labute approximate surface area is 112 Å². The maximum absolute atomic E-state index is 12.6. The molecule has 2 saturated carbocycles. The summed E-state index contributed by atoms with van der Waals surface area (Å²) in [5, 5.41) is 0. The average Bonchev–Trinajstić information content (AvgIpc) is 3.06. The predicted molar refractivity (Wildman–Crippen MR) is 69.5 cm³/mol. The van der Waals surface area contributed by atoms with Crippen LogP contribution >= 0.6 is 0 Å². The molecule has 1 aromatic carbocycles. The number of rotatable bonds is 3. The third-order valence-corrected chi connectivity index (χ3v) is 4.90. The van der Waals surface area contributed by atoms with Gasteiger partial charge < -0.3 is 9.47 Å². The quantitative estimate of drug-likeness (QED) is 0.618. The van der Waals surface area contributed by atoms with Crippen molar-refractivity contribution in [1.29, 1.82) is 0 Å². The summed E-state index contributed by atoms with van der Waals surface area (Å²) in [6, 6.07) is 9.85. The van der Waals surface area contributed by atoms with E-state index in [2.05, 4.69) is 0 Å². The molecule has 1 spiro atoms. The largest absolute Gasteiger partial charge is 0.460 e. The molecule has 3 fully saturated rings. The van der Waals surface area contributed by atoms with Crippen LogP contribution < -0.4 is 0 Å². The Kier molecular flexibility index (Phi) is 2.31. The van der Waals surface area contributed by atoms with Crippen molar-refractivity contribution in [2.75, 3.05) is 0 Å². The van der Waals surface area contributed by atoms with Crippen molar-refractivity contribution in [3.8, 4) is 0 Å². The Morgan fingerprint density at radius 3 is 2.37 bits per heavy atom. The molecule has 3 nitrogen and oxygen atoms in total. The van der Waals surface area contributed by atoms with E-state index in [1.807, 2.05) is 30.3 Å². The maximum atomic E-state index is 12.6. The van der Waals surface area contributed by atoms with Crippen LogP contribution in [0.25, 0.3) is 0 Å². The van der Waals surface area contributed by atoms with E-state index in [4.69, 9.17) is 9.47 Å². The fraction of sp³-hybridized carbons (Fsp3) is 0.562. The zero-order valence-corrected chi connectivity index (χ0v) is 10.9. The number of esters is 1. The third kappa shape index (κ3) is 1.45. The lowest BCUT2D eigenvalue weighted by atomic mass is 9.73. The third-order valence-electron chi connectivity index (χ3n) is 4.90. The fourth-order valence-electron chi connectivity index (χ4n) is 3.28. The summed E-state index contributed by atoms with van der Waals surface area (Å²) >= 11 is 0. The van der Waals surface area contributed by atoms with E-state index in [-0.39, 0.29) is 17.7 Å². The van der Waals surface area contributed by atoms with E-state index in [9.17, 15) is 4.79 Å². The van der Waals surface area contributed by atoms with Gasteiger partial charge in [-0.15, -0.1) is 0 Å². The van der Waals surface area contributed by atoms with Gasteiger partial charge >= 0.3 is 5.97 Å². The Morgan fingerprint density at radius 1 is 1.16 bits per heavy atom. The average molecular weight is 258 g/mol. The van der Waals surface area contributed by atoms with Crippen molar-refractivity contribution in [3.05, 3.63) is 35.9 Å². The SMILES string of the molecule is O=C(OC1CCC1)C1(c2ccccc2)OC12CCC2. The van der Waals surface area contributed by atoms with Gasteiger partial charge in [-0.3, -0.25) is 0 Å². The Morgan fingerprint density at radius 2 is 1.89 bits per heavy atom. The predicted octanol–water partition coefficient (Wildman–Crippen LogP) is 2.93. The van der Waals surface area contributed by atoms with Crippen LogP contribution in [-0.2, 0) is 19.9 Å². The van der Waals surface area contributed by atoms with Gasteiger partial charge in [-0.25, -0.2) is 4.79 Å². The molecule has 1 unspecified atom stereocenters. The van der Waals surface area contributed by atoms with Crippen molar-refractivity contribution in [2.24, 2.45) is 0 Å². The van der Waals surface area contributed by atoms with Crippen LogP contribution in [0.1, 0.15) is 44.1 Å². The lowest BCUT2D eigenvalue weighted by molar-refractivity contribution is -0.160. The van der Waals surface area contributed by atoms with Gasteiger partial charge in [-0.05, 0) is 44.1 Å². The first-order valence-corrected chi connectivity index (χ1v) is 7.24. The molecule has 0 aromatic heterocycles. The Hall–Kier alpha value is -1.35. The molecule has 0 bridgehead atoms. The summed E-state index contributed by atoms with van der Waals surface area (Å²) in [6.07, 6.45) is 6.39. The zero-order chi connectivity index (χ0) is 12.9. The summed E-state index contributed by atoms with van der Waals surface area (Å²) in [5.74, 6) is -0.164. The number of carbonyl (C=O) groups is 1. The molecule has 1 atom stereocenters. The molecule has 19 heavy (non-hydrogen) atoms. The van der Waals surface area contributed by atoms with Crippen LogP contribution in [0.15, 0.2) is 30.3 Å². The number of benzene rings is 1. The molecule has 0 radical (unpaired) electrons. The number of ether oxygens (including phenoxy) is 2. The molecule has 0 N–H and O–H groups in total. The van der Waals surface area contributed by atoms with Gasteiger partial charge in [0.05, 0.1) is 0 Å². The molecule has 0 amide bonds. The number of epoxide rings is 1. The van der Waals surface area contributed by atoms with Crippen molar-refractivity contribution in [1.82, 2.24) is 0 Å². The van der Waals surface area contributed by atoms with E-state index in [0.29, 0.717) is 0 Å². The lowest BCUT2D eigenvalue weighted by Gasteiger charge is -2.30. The second kappa shape index (κ2) is 3.83. The van der Waals surface area contributed by atoms with Gasteiger partial charge in [0.25, 0.3) is 0 Å². The molecular formula is C16H18O3. The monoisotopic (exact) mass is 258 g/mol. The van der Waals surface area contributed by atoms with E-state index in [1.165, 1.54) is 6.42 Å². The van der Waals surface area contributed by atoms with Gasteiger partial charge in [-0.1, -0.05) is 30.3 Å². The minimum atomic E-state index is -0.803. The van der Waals surface area contributed by atoms with E-state index in [1.54, 1.807) is 0 Å². The molecule has 100 valence electrons. The highest BCUT2D eigenvalue weighted by Crippen LogP contribution is 2.66. The van der Waals surface area contributed by atoms with Crippen LogP contribution in [-0.4, -0.2) is 17.7 Å². The van der Waals surface area contributed by atoms with E-state index >= 15 is 0 Å². The van der Waals surface area contributed by atoms with Crippen LogP contribution in [0.2, 0.25) is 0 Å². The highest BCUT2D eigenvalue weighted by molar-refractivity contribution is 5.87. The Balaban J connectivity index is 1.64. The molecule has 4 rings (SSSR count). The molecule has 1 heterocycles. The van der Waals surface area contributed by atoms with Crippen LogP contribution in [0.4, 0.5) is 0 Å². The van der Waals surface area contributed by atoms with Gasteiger partial charge in [0, 0.05) is 0 Å². The van der Waals surface area contributed by atoms with E-state index in [0.717, 1.165) is 37.7 Å². The smallest absolute Gasteiger partial charge is 0.346 e. The first-order valence-electron chi connectivity index (χ1n) is 7.24. The van der Waals surface area contributed by atoms with Gasteiger partial charge in [0.15, 0.2) is 0 Å². The summed E-state index contributed by atoms with van der Waals surface area (Å²) in [6.45, 7) is 0. The van der Waals surface area contributed by atoms with Crippen LogP contribution in [0, 0.1) is 0 Å². The topological polar surface area (TPSA) is 38.8 Å². The van der Waals surface area contributed by atoms with Gasteiger partial charge in [0.1, 0.15) is 11.7 Å². The molecule has 1 saturated heterocycles. The molecule has 3 heteroatoms. The zero-order valence-electron chi connectivity index (χ0n) is 10.9. The van der Waals surface area contributed by atoms with Crippen LogP contribution in [0.3, 0.4) is 0 Å². The summed E-state index contributed by atoms with van der Waals surface area (Å²) < 4.78 is 11.6. The van der Waals surface area contributed by atoms with Gasteiger partial charge in [-0.2, -0.15) is 0 Å². The highest BCUT2D eigenvalue weighted by Gasteiger charge is 2.78. The Bertz CT molecular complexity index is 502. The van der Waals surface area contributed by atoms with Crippen molar-refractivity contribution in [3.63, 3.8) is 0 Å². The summed E-state index contributed by atoms with van der Waals surface area (Å²) in [7, 11) is 0. The van der Waals surface area contributed by atoms with Crippen molar-refractivity contribution >= 4 is 5.97 Å². The summed E-state index contributed by atoms with van der Waals surface area (Å²) in [4.78, 5) is 12.6. The summed E-state index contributed by atoms with van der Waals surface area (Å²) in [5.41, 5.74) is -0.101. The molecular weight excluding hydrogens is 240 g/mol. The first kappa shape index (κ1) is 11.5. The minimum absolute atomic E-state index is 0.120. The fourth-order valence-corrected chi connectivity index (χ4v) is 3.28. The number of hydrogen-bond donors (Lipinski definition) is 0. The molecule has 3 aliphatic rings. The second-order valence-electron chi connectivity index (χ2n) is 5.96. The molecule has 1 aromatic rings. The lowest BCUT2D eigenvalue weighted by Crippen LogP contribution is -2.40. The normalized spacial score (nSPS) is 31.4. The van der Waals surface area contributed by atoms with Crippen LogP contribution in [0.5, 0.6) is 0 Å². The van der Waals surface area contributed by atoms with E-state index < -0.39 is 5.60 Å². The molecule has 1 aliphatic heterocycles. The minimum Gasteiger partial charge on any atom is -0.460 e. The molecule has 2 aliphatic carbocycles. The standard InChI is InChI=1S/C16H18O3/c17-14(18-13-8-4-9-13)16(12-6-2-1-3-7-12)15(19-16)10-5-11-15/h1-3,6-7,13H,4-5,8-11H2. The van der Waals surface area contributed by atoms with Crippen molar-refractivity contribution < 1.29 is 14.3 Å².